The molecule has 84 valence electrons. The van der Waals surface area contributed by atoms with Crippen LogP contribution in [0.15, 0.2) is 24.3 Å². The van der Waals surface area contributed by atoms with Gasteiger partial charge >= 0.3 is 0 Å². The lowest BCUT2D eigenvalue weighted by Gasteiger charge is -2.11. The van der Waals surface area contributed by atoms with Gasteiger partial charge in [-0.05, 0) is 44.4 Å². The van der Waals surface area contributed by atoms with E-state index in [4.69, 9.17) is 5.73 Å². The van der Waals surface area contributed by atoms with Crippen molar-refractivity contribution in [2.45, 2.75) is 32.7 Å². The van der Waals surface area contributed by atoms with Crippen molar-refractivity contribution < 1.29 is 0 Å². The molecule has 0 spiro atoms. The number of hydrogen-bond acceptors (Lipinski definition) is 2. The van der Waals surface area contributed by atoms with Crippen molar-refractivity contribution in [2.75, 3.05) is 13.1 Å². The average molecular weight is 206 g/mol. The van der Waals surface area contributed by atoms with Crippen LogP contribution in [0.1, 0.15) is 24.5 Å². The first-order valence-electron chi connectivity index (χ1n) is 5.72. The highest BCUT2D eigenvalue weighted by molar-refractivity contribution is 5.25. The minimum atomic E-state index is 0.432. The van der Waals surface area contributed by atoms with Crippen molar-refractivity contribution in [1.29, 1.82) is 0 Å². The SMILES string of the molecule is Cc1ccccc1CCCN[C@@H](C)CN. The number of hydrogen-bond donors (Lipinski definition) is 2. The highest BCUT2D eigenvalue weighted by atomic mass is 14.9. The Balaban J connectivity index is 2.23. The molecule has 15 heavy (non-hydrogen) atoms. The molecule has 3 N–H and O–H groups in total. The van der Waals surface area contributed by atoms with E-state index in [9.17, 15) is 0 Å². The first-order valence-corrected chi connectivity index (χ1v) is 5.72. The van der Waals surface area contributed by atoms with Gasteiger partial charge in [0.05, 0.1) is 0 Å². The van der Waals surface area contributed by atoms with Gasteiger partial charge in [-0.3, -0.25) is 0 Å². The second kappa shape index (κ2) is 6.59. The van der Waals surface area contributed by atoms with Crippen LogP contribution in [-0.2, 0) is 6.42 Å². The van der Waals surface area contributed by atoms with E-state index in [2.05, 4.69) is 43.4 Å². The first kappa shape index (κ1) is 12.2. The van der Waals surface area contributed by atoms with E-state index in [0.717, 1.165) is 13.0 Å². The largest absolute Gasteiger partial charge is 0.329 e. The second-order valence-electron chi connectivity index (χ2n) is 4.12. The van der Waals surface area contributed by atoms with E-state index in [1.165, 1.54) is 17.5 Å². The molecule has 0 aliphatic rings. The van der Waals surface area contributed by atoms with Crippen LogP contribution >= 0.6 is 0 Å². The Bertz CT molecular complexity index is 284. The predicted molar refractivity (Wildman–Crippen MR) is 66.0 cm³/mol. The molecule has 0 amide bonds. The fraction of sp³-hybridized carbons (Fsp3) is 0.538. The van der Waals surface area contributed by atoms with Crippen LogP contribution in [0.4, 0.5) is 0 Å². The third-order valence-corrected chi connectivity index (χ3v) is 2.73. The van der Waals surface area contributed by atoms with Gasteiger partial charge in [-0.2, -0.15) is 0 Å². The van der Waals surface area contributed by atoms with E-state index < -0.39 is 0 Å². The molecule has 0 saturated carbocycles. The molecule has 1 atom stereocenters. The smallest absolute Gasteiger partial charge is 0.0161 e. The van der Waals surface area contributed by atoms with Crippen molar-refractivity contribution in [3.05, 3.63) is 35.4 Å². The number of nitrogens with two attached hydrogens (primary N) is 1. The fourth-order valence-corrected chi connectivity index (χ4v) is 1.60. The molecule has 1 aromatic carbocycles. The van der Waals surface area contributed by atoms with Crippen LogP contribution in [-0.4, -0.2) is 19.1 Å². The Morgan fingerprint density at radius 3 is 2.73 bits per heavy atom. The molecular formula is C13H22N2. The Morgan fingerprint density at radius 2 is 2.07 bits per heavy atom. The van der Waals surface area contributed by atoms with Gasteiger partial charge in [0.15, 0.2) is 0 Å². The molecular weight excluding hydrogens is 184 g/mol. The Hall–Kier alpha value is -0.860. The lowest BCUT2D eigenvalue weighted by molar-refractivity contribution is 0.543. The quantitative estimate of drug-likeness (QED) is 0.697. The molecule has 0 unspecified atom stereocenters. The Kier molecular flexibility index (Phi) is 5.37. The van der Waals surface area contributed by atoms with Crippen LogP contribution in [0.3, 0.4) is 0 Å². The molecule has 0 fully saturated rings. The van der Waals surface area contributed by atoms with Crippen molar-refractivity contribution in [3.63, 3.8) is 0 Å². The zero-order valence-electron chi connectivity index (χ0n) is 9.79. The van der Waals surface area contributed by atoms with Gasteiger partial charge in [0.1, 0.15) is 0 Å². The highest BCUT2D eigenvalue weighted by Crippen LogP contribution is 2.08. The predicted octanol–water partition coefficient (Wildman–Crippen LogP) is 1.86. The van der Waals surface area contributed by atoms with Crippen LogP contribution in [0, 0.1) is 6.92 Å². The van der Waals surface area contributed by atoms with Crippen LogP contribution in [0.25, 0.3) is 0 Å². The van der Waals surface area contributed by atoms with Gasteiger partial charge in [-0.15, -0.1) is 0 Å². The first-order chi connectivity index (χ1) is 7.24. The van der Waals surface area contributed by atoms with E-state index >= 15 is 0 Å². The minimum Gasteiger partial charge on any atom is -0.329 e. The molecule has 0 aliphatic carbocycles. The summed E-state index contributed by atoms with van der Waals surface area (Å²) in [5.41, 5.74) is 8.38. The lowest BCUT2D eigenvalue weighted by atomic mass is 10.0. The molecule has 1 rings (SSSR count). The Morgan fingerprint density at radius 1 is 1.33 bits per heavy atom. The molecule has 0 radical (unpaired) electrons. The standard InChI is InChI=1S/C13H22N2/c1-11-6-3-4-7-13(11)8-5-9-15-12(2)10-14/h3-4,6-7,12,15H,5,8-10,14H2,1-2H3/t12-/m0/s1. The van der Waals surface area contributed by atoms with E-state index in [0.29, 0.717) is 12.6 Å². The van der Waals surface area contributed by atoms with Crippen LogP contribution < -0.4 is 11.1 Å². The number of rotatable bonds is 6. The number of nitrogens with one attached hydrogen (secondary N) is 1. The second-order valence-corrected chi connectivity index (χ2v) is 4.12. The van der Waals surface area contributed by atoms with Crippen molar-refractivity contribution in [2.24, 2.45) is 5.73 Å². The third-order valence-electron chi connectivity index (χ3n) is 2.73. The summed E-state index contributed by atoms with van der Waals surface area (Å²) in [6, 6.07) is 9.01. The summed E-state index contributed by atoms with van der Waals surface area (Å²) in [5, 5.41) is 3.40. The van der Waals surface area contributed by atoms with Crippen molar-refractivity contribution >= 4 is 0 Å². The molecule has 0 aliphatic heterocycles. The maximum Gasteiger partial charge on any atom is 0.0161 e. The summed E-state index contributed by atoms with van der Waals surface area (Å²) in [4.78, 5) is 0. The van der Waals surface area contributed by atoms with Crippen molar-refractivity contribution in [3.8, 4) is 0 Å². The summed E-state index contributed by atoms with van der Waals surface area (Å²) in [5.74, 6) is 0. The molecule has 0 heterocycles. The zero-order valence-corrected chi connectivity index (χ0v) is 9.79. The van der Waals surface area contributed by atoms with Gasteiger partial charge in [-0.25, -0.2) is 0 Å². The summed E-state index contributed by atoms with van der Waals surface area (Å²) < 4.78 is 0. The lowest BCUT2D eigenvalue weighted by Crippen LogP contribution is -2.33. The molecule has 0 saturated heterocycles. The Labute approximate surface area is 92.9 Å². The molecule has 0 aromatic heterocycles. The zero-order chi connectivity index (χ0) is 11.1. The van der Waals surface area contributed by atoms with Gasteiger partial charge in [0.2, 0.25) is 0 Å². The third kappa shape index (κ3) is 4.45. The van der Waals surface area contributed by atoms with Crippen molar-refractivity contribution in [1.82, 2.24) is 5.32 Å². The molecule has 1 aromatic rings. The summed E-state index contributed by atoms with van der Waals surface area (Å²) in [6.45, 7) is 6.05. The maximum atomic E-state index is 5.53. The monoisotopic (exact) mass is 206 g/mol. The van der Waals surface area contributed by atoms with Crippen LogP contribution in [0.5, 0.6) is 0 Å². The number of aryl methyl sites for hydroxylation is 2. The maximum absolute atomic E-state index is 5.53. The van der Waals surface area contributed by atoms with Crippen LogP contribution in [0.2, 0.25) is 0 Å². The van der Waals surface area contributed by atoms with E-state index in [1.807, 2.05) is 0 Å². The molecule has 2 nitrogen and oxygen atoms in total. The fourth-order valence-electron chi connectivity index (χ4n) is 1.60. The summed E-state index contributed by atoms with van der Waals surface area (Å²) in [7, 11) is 0. The molecule has 0 bridgehead atoms. The van der Waals surface area contributed by atoms with Gasteiger partial charge in [-0.1, -0.05) is 24.3 Å². The minimum absolute atomic E-state index is 0.432. The molecule has 2 heteroatoms. The van der Waals surface area contributed by atoms with Gasteiger partial charge in [0, 0.05) is 12.6 Å². The normalized spacial score (nSPS) is 12.7. The van der Waals surface area contributed by atoms with Gasteiger partial charge < -0.3 is 11.1 Å². The van der Waals surface area contributed by atoms with E-state index in [1.54, 1.807) is 0 Å². The van der Waals surface area contributed by atoms with E-state index in [-0.39, 0.29) is 0 Å². The number of benzene rings is 1. The summed E-state index contributed by atoms with van der Waals surface area (Å²) in [6.07, 6.45) is 2.33. The highest BCUT2D eigenvalue weighted by Gasteiger charge is 1.99. The van der Waals surface area contributed by atoms with Gasteiger partial charge in [0.25, 0.3) is 0 Å². The average Bonchev–Trinajstić information content (AvgIpc) is 2.26. The summed E-state index contributed by atoms with van der Waals surface area (Å²) >= 11 is 0. The topological polar surface area (TPSA) is 38.0 Å².